The third kappa shape index (κ3) is 5.29. The number of ether oxygens (including phenoxy) is 1. The van der Waals surface area contributed by atoms with E-state index in [-0.39, 0.29) is 17.7 Å². The van der Waals surface area contributed by atoms with Crippen LogP contribution in [0.25, 0.3) is 6.08 Å². The molecule has 0 N–H and O–H groups in total. The van der Waals surface area contributed by atoms with Gasteiger partial charge in [-0.15, -0.1) is 0 Å². The number of carbonyl (C=O) groups is 2. The molecule has 1 heterocycles. The van der Waals surface area contributed by atoms with Gasteiger partial charge in [-0.25, -0.2) is 0 Å². The van der Waals surface area contributed by atoms with Crippen LogP contribution in [0.1, 0.15) is 16.7 Å². The number of rotatable bonds is 6. The Kier molecular flexibility index (Phi) is 6.95. The molecule has 0 spiro atoms. The number of amides is 2. The van der Waals surface area contributed by atoms with E-state index in [1.807, 2.05) is 72.8 Å². The molecule has 1 aliphatic rings. The van der Waals surface area contributed by atoms with Gasteiger partial charge >= 0.3 is 0 Å². The van der Waals surface area contributed by atoms with Gasteiger partial charge in [0, 0.05) is 4.47 Å². The first-order valence-electron chi connectivity index (χ1n) is 9.46. The Hall–Kier alpha value is -2.35. The number of halogens is 2. The van der Waals surface area contributed by atoms with Gasteiger partial charge in [0.25, 0.3) is 11.1 Å². The van der Waals surface area contributed by atoms with Crippen LogP contribution >= 0.6 is 43.6 Å². The maximum absolute atomic E-state index is 12.8. The lowest BCUT2D eigenvalue weighted by atomic mass is 10.2. The number of benzene rings is 3. The van der Waals surface area contributed by atoms with Crippen molar-refractivity contribution in [1.82, 2.24) is 4.90 Å². The summed E-state index contributed by atoms with van der Waals surface area (Å²) >= 11 is 7.96. The van der Waals surface area contributed by atoms with E-state index >= 15 is 0 Å². The quantitative estimate of drug-likeness (QED) is 0.305. The van der Waals surface area contributed by atoms with Crippen molar-refractivity contribution in [3.8, 4) is 5.75 Å². The highest BCUT2D eigenvalue weighted by atomic mass is 79.9. The van der Waals surface area contributed by atoms with E-state index in [2.05, 4.69) is 31.9 Å². The van der Waals surface area contributed by atoms with Crippen LogP contribution < -0.4 is 4.74 Å². The van der Waals surface area contributed by atoms with Crippen molar-refractivity contribution >= 4 is 60.8 Å². The molecule has 3 aromatic carbocycles. The first kappa shape index (κ1) is 21.9. The first-order valence-corrected chi connectivity index (χ1v) is 11.9. The van der Waals surface area contributed by atoms with Gasteiger partial charge in [0.1, 0.15) is 12.4 Å². The largest absolute Gasteiger partial charge is 0.488 e. The molecule has 1 aliphatic heterocycles. The maximum Gasteiger partial charge on any atom is 0.293 e. The fourth-order valence-corrected chi connectivity index (χ4v) is 4.80. The molecule has 0 aliphatic carbocycles. The van der Waals surface area contributed by atoms with E-state index in [0.717, 1.165) is 37.4 Å². The van der Waals surface area contributed by atoms with E-state index < -0.39 is 0 Å². The van der Waals surface area contributed by atoms with Crippen molar-refractivity contribution in [2.75, 3.05) is 0 Å². The summed E-state index contributed by atoms with van der Waals surface area (Å²) in [6, 6.07) is 23.1. The molecule has 0 bridgehead atoms. The third-order valence-corrected chi connectivity index (χ3v) is 6.95. The average Bonchev–Trinajstić information content (AvgIpc) is 3.03. The molecule has 1 saturated heterocycles. The Balaban J connectivity index is 1.47. The second-order valence-corrected chi connectivity index (χ2v) is 9.53. The van der Waals surface area contributed by atoms with Crippen LogP contribution in [-0.2, 0) is 17.9 Å². The molecule has 156 valence electrons. The molecule has 31 heavy (non-hydrogen) atoms. The molecule has 0 saturated carbocycles. The van der Waals surface area contributed by atoms with E-state index in [1.165, 1.54) is 4.90 Å². The highest BCUT2D eigenvalue weighted by Crippen LogP contribution is 2.35. The summed E-state index contributed by atoms with van der Waals surface area (Å²) in [5.74, 6) is 0.425. The van der Waals surface area contributed by atoms with Gasteiger partial charge in [0.2, 0.25) is 0 Å². The van der Waals surface area contributed by atoms with Crippen molar-refractivity contribution in [3.05, 3.63) is 103 Å². The minimum absolute atomic E-state index is 0.236. The number of nitrogens with zero attached hydrogens (tertiary/aromatic N) is 1. The van der Waals surface area contributed by atoms with Gasteiger partial charge in [0.05, 0.1) is 15.9 Å². The Morgan fingerprint density at radius 3 is 2.39 bits per heavy atom. The highest BCUT2D eigenvalue weighted by Gasteiger charge is 2.35. The SMILES string of the molecule is O=C1S/C(=C/c2ccc(OCc3ccccc3)c(Br)c2)C(=O)N1Cc1ccccc1Br. The van der Waals surface area contributed by atoms with Crippen LogP contribution in [0.5, 0.6) is 5.75 Å². The van der Waals surface area contributed by atoms with Crippen molar-refractivity contribution in [3.63, 3.8) is 0 Å². The lowest BCUT2D eigenvalue weighted by Gasteiger charge is -2.13. The van der Waals surface area contributed by atoms with E-state index in [0.29, 0.717) is 17.3 Å². The van der Waals surface area contributed by atoms with Crippen LogP contribution in [0.4, 0.5) is 4.79 Å². The van der Waals surface area contributed by atoms with Crippen LogP contribution in [0.2, 0.25) is 0 Å². The van der Waals surface area contributed by atoms with Crippen LogP contribution in [0, 0.1) is 0 Å². The van der Waals surface area contributed by atoms with Gasteiger partial charge in [0.15, 0.2) is 0 Å². The molecule has 3 aromatic rings. The molecule has 4 nitrogen and oxygen atoms in total. The van der Waals surface area contributed by atoms with E-state index in [9.17, 15) is 9.59 Å². The molecule has 1 fully saturated rings. The summed E-state index contributed by atoms with van der Waals surface area (Å²) < 4.78 is 7.52. The zero-order valence-electron chi connectivity index (χ0n) is 16.3. The maximum atomic E-state index is 12.8. The molecule has 0 atom stereocenters. The predicted octanol–water partition coefficient (Wildman–Crippen LogP) is 7.03. The number of thioether (sulfide) groups is 1. The van der Waals surface area contributed by atoms with E-state index in [1.54, 1.807) is 6.08 Å². The summed E-state index contributed by atoms with van der Waals surface area (Å²) in [6.07, 6.45) is 1.73. The number of hydrogen-bond donors (Lipinski definition) is 0. The molecule has 0 unspecified atom stereocenters. The second-order valence-electron chi connectivity index (χ2n) is 6.82. The molecule has 0 aromatic heterocycles. The second kappa shape index (κ2) is 9.85. The highest BCUT2D eigenvalue weighted by molar-refractivity contribution is 9.10. The topological polar surface area (TPSA) is 46.6 Å². The van der Waals surface area contributed by atoms with Crippen molar-refractivity contribution in [2.45, 2.75) is 13.2 Å². The van der Waals surface area contributed by atoms with Gasteiger partial charge < -0.3 is 4.74 Å². The number of imide groups is 1. The summed E-state index contributed by atoms with van der Waals surface area (Å²) in [4.78, 5) is 26.9. The van der Waals surface area contributed by atoms with Gasteiger partial charge in [-0.05, 0) is 68.7 Å². The normalized spacial score (nSPS) is 15.0. The zero-order valence-corrected chi connectivity index (χ0v) is 20.2. The first-order chi connectivity index (χ1) is 15.0. The Morgan fingerprint density at radius 2 is 1.65 bits per heavy atom. The molecule has 2 amide bonds. The van der Waals surface area contributed by atoms with Crippen LogP contribution in [0.3, 0.4) is 0 Å². The molecular weight excluding hydrogens is 542 g/mol. The Bertz CT molecular complexity index is 1160. The fraction of sp³-hybridized carbons (Fsp3) is 0.0833. The van der Waals surface area contributed by atoms with E-state index in [4.69, 9.17) is 4.74 Å². The van der Waals surface area contributed by atoms with Crippen molar-refractivity contribution in [2.24, 2.45) is 0 Å². The monoisotopic (exact) mass is 557 g/mol. The molecule has 0 radical (unpaired) electrons. The van der Waals surface area contributed by atoms with Gasteiger partial charge in [-0.2, -0.15) is 0 Å². The number of carbonyl (C=O) groups excluding carboxylic acids is 2. The minimum atomic E-state index is -0.286. The van der Waals surface area contributed by atoms with Gasteiger partial charge in [-0.3, -0.25) is 14.5 Å². The van der Waals surface area contributed by atoms with Gasteiger partial charge in [-0.1, -0.05) is 70.5 Å². The smallest absolute Gasteiger partial charge is 0.293 e. The molecule has 7 heteroatoms. The lowest BCUT2D eigenvalue weighted by molar-refractivity contribution is -0.123. The predicted molar refractivity (Wildman–Crippen MR) is 131 cm³/mol. The summed E-state index contributed by atoms with van der Waals surface area (Å²) in [5.41, 5.74) is 2.77. The summed E-state index contributed by atoms with van der Waals surface area (Å²) in [7, 11) is 0. The van der Waals surface area contributed by atoms with Crippen molar-refractivity contribution < 1.29 is 14.3 Å². The Morgan fingerprint density at radius 1 is 0.903 bits per heavy atom. The average molecular weight is 559 g/mol. The summed E-state index contributed by atoms with van der Waals surface area (Å²) in [6.45, 7) is 0.701. The zero-order chi connectivity index (χ0) is 21.8. The minimum Gasteiger partial charge on any atom is -0.488 e. The summed E-state index contributed by atoms with van der Waals surface area (Å²) in [5, 5.41) is -0.270. The van der Waals surface area contributed by atoms with Crippen LogP contribution in [0.15, 0.2) is 86.6 Å². The van der Waals surface area contributed by atoms with Crippen molar-refractivity contribution in [1.29, 1.82) is 0 Å². The standard InChI is InChI=1S/C24H17Br2NO3S/c25-19-9-5-4-8-18(19)14-27-23(28)22(31-24(27)29)13-17-10-11-21(20(26)12-17)30-15-16-6-2-1-3-7-16/h1-13H,14-15H2/b22-13+. The van der Waals surface area contributed by atoms with Crippen LogP contribution in [-0.4, -0.2) is 16.0 Å². The lowest BCUT2D eigenvalue weighted by Crippen LogP contribution is -2.27. The fourth-order valence-electron chi connectivity index (χ4n) is 3.04. The number of hydrogen-bond acceptors (Lipinski definition) is 4. The molecule has 4 rings (SSSR count). The third-order valence-electron chi connectivity index (χ3n) is 4.65. The molecular formula is C24H17Br2NO3S. The Labute approximate surface area is 201 Å².